The predicted molar refractivity (Wildman–Crippen MR) is 65.8 cm³/mol. The molecule has 0 fully saturated rings. The van der Waals surface area contributed by atoms with Gasteiger partial charge in [0.15, 0.2) is 0 Å². The first-order valence-electron chi connectivity index (χ1n) is 5.54. The maximum absolute atomic E-state index is 13.5. The molecule has 0 aliphatic carbocycles. The van der Waals surface area contributed by atoms with Crippen LogP contribution >= 0.6 is 15.9 Å². The highest BCUT2D eigenvalue weighted by molar-refractivity contribution is 9.10. The van der Waals surface area contributed by atoms with E-state index < -0.39 is 12.6 Å². The van der Waals surface area contributed by atoms with E-state index in [0.717, 1.165) is 0 Å². The maximum Gasteiger partial charge on any atom is 0.389 e. The van der Waals surface area contributed by atoms with Crippen molar-refractivity contribution in [2.75, 3.05) is 6.54 Å². The van der Waals surface area contributed by atoms with Gasteiger partial charge in [0.05, 0.1) is 0 Å². The molecule has 1 aromatic rings. The molecular weight excluding hydrogens is 314 g/mol. The van der Waals surface area contributed by atoms with Gasteiger partial charge in [-0.1, -0.05) is 22.0 Å². The highest BCUT2D eigenvalue weighted by Gasteiger charge is 2.26. The number of benzene rings is 1. The minimum Gasteiger partial charge on any atom is -0.310 e. The van der Waals surface area contributed by atoms with E-state index in [0.29, 0.717) is 10.0 Å². The van der Waals surface area contributed by atoms with Gasteiger partial charge < -0.3 is 5.32 Å². The largest absolute Gasteiger partial charge is 0.389 e. The molecule has 1 rings (SSSR count). The van der Waals surface area contributed by atoms with Gasteiger partial charge in [0, 0.05) is 22.5 Å². The molecule has 0 aromatic heterocycles. The van der Waals surface area contributed by atoms with E-state index in [1.54, 1.807) is 19.1 Å². The van der Waals surface area contributed by atoms with Crippen LogP contribution in [0.2, 0.25) is 0 Å². The van der Waals surface area contributed by atoms with E-state index in [9.17, 15) is 17.6 Å². The van der Waals surface area contributed by atoms with Crippen molar-refractivity contribution in [1.82, 2.24) is 5.32 Å². The van der Waals surface area contributed by atoms with E-state index in [4.69, 9.17) is 0 Å². The minimum absolute atomic E-state index is 0.00795. The lowest BCUT2D eigenvalue weighted by Crippen LogP contribution is -2.22. The van der Waals surface area contributed by atoms with Gasteiger partial charge in [0.25, 0.3) is 0 Å². The fourth-order valence-corrected chi connectivity index (χ4v) is 1.90. The van der Waals surface area contributed by atoms with Crippen molar-refractivity contribution in [3.05, 3.63) is 34.1 Å². The lowest BCUT2D eigenvalue weighted by Gasteiger charge is -2.15. The number of hydrogen-bond donors (Lipinski definition) is 1. The molecule has 1 unspecified atom stereocenters. The molecule has 0 saturated heterocycles. The van der Waals surface area contributed by atoms with Crippen LogP contribution < -0.4 is 5.32 Å². The third kappa shape index (κ3) is 5.35. The lowest BCUT2D eigenvalue weighted by atomic mass is 10.1. The SMILES string of the molecule is CC(NCCCC(F)(F)F)c1ccc(Br)cc1F. The Balaban J connectivity index is 2.43. The Labute approximate surface area is 112 Å². The van der Waals surface area contributed by atoms with E-state index in [2.05, 4.69) is 21.2 Å². The summed E-state index contributed by atoms with van der Waals surface area (Å²) in [5, 5.41) is 2.88. The maximum atomic E-state index is 13.5. The van der Waals surface area contributed by atoms with Crippen LogP contribution in [0.5, 0.6) is 0 Å². The average molecular weight is 328 g/mol. The van der Waals surface area contributed by atoms with Gasteiger partial charge in [0.2, 0.25) is 0 Å². The van der Waals surface area contributed by atoms with Crippen LogP contribution in [0, 0.1) is 5.82 Å². The number of halogens is 5. The summed E-state index contributed by atoms with van der Waals surface area (Å²) in [4.78, 5) is 0. The first-order valence-corrected chi connectivity index (χ1v) is 6.34. The normalized spacial score (nSPS) is 13.7. The quantitative estimate of drug-likeness (QED) is 0.616. The van der Waals surface area contributed by atoms with Crippen LogP contribution in [0.25, 0.3) is 0 Å². The van der Waals surface area contributed by atoms with E-state index in [1.807, 2.05) is 0 Å². The van der Waals surface area contributed by atoms with Crippen LogP contribution in [-0.4, -0.2) is 12.7 Å². The predicted octanol–water partition coefficient (Wildman–Crippen LogP) is 4.58. The number of nitrogens with one attached hydrogen (secondary N) is 1. The molecule has 0 spiro atoms. The summed E-state index contributed by atoms with van der Waals surface area (Å²) in [6.45, 7) is 1.93. The van der Waals surface area contributed by atoms with Gasteiger partial charge >= 0.3 is 6.18 Å². The Hall–Kier alpha value is -0.620. The molecule has 18 heavy (non-hydrogen) atoms. The van der Waals surface area contributed by atoms with Gasteiger partial charge in [-0.05, 0) is 32.0 Å². The molecule has 0 bridgehead atoms. The summed E-state index contributed by atoms with van der Waals surface area (Å²) in [6.07, 6.45) is -4.96. The third-order valence-electron chi connectivity index (χ3n) is 2.52. The Morgan fingerprint density at radius 3 is 2.56 bits per heavy atom. The molecule has 102 valence electrons. The zero-order valence-electron chi connectivity index (χ0n) is 9.82. The first-order chi connectivity index (χ1) is 8.29. The molecule has 1 aromatic carbocycles. The van der Waals surface area contributed by atoms with Crippen LogP contribution in [0.3, 0.4) is 0 Å². The summed E-state index contributed by atoms with van der Waals surface area (Å²) < 4.78 is 49.9. The van der Waals surface area contributed by atoms with E-state index >= 15 is 0 Å². The summed E-state index contributed by atoms with van der Waals surface area (Å²) >= 11 is 3.15. The van der Waals surface area contributed by atoms with Crippen LogP contribution in [0.15, 0.2) is 22.7 Å². The average Bonchev–Trinajstić information content (AvgIpc) is 2.22. The molecule has 6 heteroatoms. The molecule has 1 N–H and O–H groups in total. The second-order valence-electron chi connectivity index (χ2n) is 4.06. The fraction of sp³-hybridized carbons (Fsp3) is 0.500. The Morgan fingerprint density at radius 2 is 2.00 bits per heavy atom. The van der Waals surface area contributed by atoms with Crippen LogP contribution in [0.4, 0.5) is 17.6 Å². The van der Waals surface area contributed by atoms with Gasteiger partial charge in [-0.3, -0.25) is 0 Å². The number of rotatable bonds is 5. The van der Waals surface area contributed by atoms with Gasteiger partial charge in [-0.2, -0.15) is 13.2 Å². The minimum atomic E-state index is -4.13. The lowest BCUT2D eigenvalue weighted by molar-refractivity contribution is -0.135. The van der Waals surface area contributed by atoms with Crippen molar-refractivity contribution >= 4 is 15.9 Å². The van der Waals surface area contributed by atoms with Gasteiger partial charge in [-0.25, -0.2) is 4.39 Å². The summed E-state index contributed by atoms with van der Waals surface area (Å²) in [6, 6.07) is 4.34. The third-order valence-corrected chi connectivity index (χ3v) is 3.01. The molecule has 0 radical (unpaired) electrons. The molecule has 1 nitrogen and oxygen atoms in total. The number of hydrogen-bond acceptors (Lipinski definition) is 1. The molecule has 0 heterocycles. The highest BCUT2D eigenvalue weighted by atomic mass is 79.9. The highest BCUT2D eigenvalue weighted by Crippen LogP contribution is 2.22. The Morgan fingerprint density at radius 1 is 1.33 bits per heavy atom. The second-order valence-corrected chi connectivity index (χ2v) is 4.98. The van der Waals surface area contributed by atoms with Crippen LogP contribution in [-0.2, 0) is 0 Å². The zero-order valence-corrected chi connectivity index (χ0v) is 11.4. The van der Waals surface area contributed by atoms with Crippen molar-refractivity contribution in [3.8, 4) is 0 Å². The fourth-order valence-electron chi connectivity index (χ4n) is 1.57. The van der Waals surface area contributed by atoms with Crippen LogP contribution in [0.1, 0.15) is 31.4 Å². The molecule has 0 aliphatic heterocycles. The van der Waals surface area contributed by atoms with E-state index in [-0.39, 0.29) is 24.8 Å². The molecule has 0 saturated carbocycles. The van der Waals surface area contributed by atoms with Gasteiger partial charge in [-0.15, -0.1) is 0 Å². The van der Waals surface area contributed by atoms with Crippen molar-refractivity contribution in [2.45, 2.75) is 32.0 Å². The van der Waals surface area contributed by atoms with Gasteiger partial charge in [0.1, 0.15) is 5.82 Å². The zero-order chi connectivity index (χ0) is 13.8. The summed E-state index contributed by atoms with van der Waals surface area (Å²) in [5.41, 5.74) is 0.449. The first kappa shape index (κ1) is 15.4. The second kappa shape index (κ2) is 6.52. The standard InChI is InChI=1S/C12H14BrF4N/c1-8(18-6-2-5-12(15,16)17)10-4-3-9(13)7-11(10)14/h3-4,7-8,18H,2,5-6H2,1H3. The monoisotopic (exact) mass is 327 g/mol. The smallest absolute Gasteiger partial charge is 0.310 e. The van der Waals surface area contributed by atoms with E-state index in [1.165, 1.54) is 6.07 Å². The number of alkyl halides is 3. The molecule has 0 aliphatic rings. The molecular formula is C12H14BrF4N. The van der Waals surface area contributed by atoms with Crippen molar-refractivity contribution in [3.63, 3.8) is 0 Å². The Bertz CT molecular complexity index is 392. The summed E-state index contributed by atoms with van der Waals surface area (Å²) in [7, 11) is 0. The molecule has 1 atom stereocenters. The van der Waals surface area contributed by atoms with Crippen molar-refractivity contribution in [1.29, 1.82) is 0 Å². The van der Waals surface area contributed by atoms with Crippen molar-refractivity contribution < 1.29 is 17.6 Å². The van der Waals surface area contributed by atoms with Crippen molar-refractivity contribution in [2.24, 2.45) is 0 Å². The summed E-state index contributed by atoms with van der Waals surface area (Å²) in [5.74, 6) is -0.375. The Kier molecular flexibility index (Phi) is 5.59. The topological polar surface area (TPSA) is 12.0 Å². The molecule has 0 amide bonds.